The molecule has 0 bridgehead atoms. The van der Waals surface area contributed by atoms with E-state index >= 15 is 0 Å². The summed E-state index contributed by atoms with van der Waals surface area (Å²) in [5, 5.41) is 0. The van der Waals surface area contributed by atoms with Crippen molar-refractivity contribution in [3.63, 3.8) is 0 Å². The van der Waals surface area contributed by atoms with Gasteiger partial charge >= 0.3 is 5.97 Å². The highest BCUT2D eigenvalue weighted by Crippen LogP contribution is 2.40. The number of benzene rings is 1. The van der Waals surface area contributed by atoms with E-state index in [9.17, 15) is 4.79 Å². The molecule has 1 aromatic heterocycles. The Labute approximate surface area is 183 Å². The Balaban J connectivity index is 2.43. The van der Waals surface area contributed by atoms with Crippen LogP contribution in [-0.4, -0.2) is 33.4 Å². The third-order valence-corrected chi connectivity index (χ3v) is 4.00. The van der Waals surface area contributed by atoms with Crippen molar-refractivity contribution < 1.29 is 9.53 Å². The highest BCUT2D eigenvalue weighted by Gasteiger charge is 2.34. The SMILES string of the molecule is O=C(OCCCl)c1ccc(-c2nc(C(Cl)(Cl)Cl)nc(C(Cl)(Cl)Cl)n2)cc1. The minimum absolute atomic E-state index is 0.100. The number of aromatic nitrogens is 3. The Hall–Kier alpha value is -0.270. The maximum Gasteiger partial charge on any atom is 0.338 e. The van der Waals surface area contributed by atoms with Crippen LogP contribution in [0.5, 0.6) is 0 Å². The summed E-state index contributed by atoms with van der Waals surface area (Å²) < 4.78 is 1.03. The molecule has 1 heterocycles. The normalized spacial score (nSPS) is 12.1. The lowest BCUT2D eigenvalue weighted by molar-refractivity contribution is 0.0529. The maximum absolute atomic E-state index is 11.8. The Morgan fingerprint density at radius 3 is 1.81 bits per heavy atom. The second-order valence-corrected chi connectivity index (χ2v) is 9.64. The van der Waals surface area contributed by atoms with Gasteiger partial charge in [-0.15, -0.1) is 11.6 Å². The Morgan fingerprint density at radius 1 is 0.885 bits per heavy atom. The van der Waals surface area contributed by atoms with Crippen molar-refractivity contribution in [2.75, 3.05) is 12.5 Å². The van der Waals surface area contributed by atoms with Crippen molar-refractivity contribution in [1.82, 2.24) is 15.0 Å². The summed E-state index contributed by atoms with van der Waals surface area (Å²) in [6.45, 7) is 0.106. The van der Waals surface area contributed by atoms with Crippen LogP contribution in [0.1, 0.15) is 22.0 Å². The van der Waals surface area contributed by atoms with Crippen molar-refractivity contribution in [1.29, 1.82) is 0 Å². The molecule has 0 N–H and O–H groups in total. The largest absolute Gasteiger partial charge is 0.461 e. The number of alkyl halides is 7. The zero-order chi connectivity index (χ0) is 19.5. The van der Waals surface area contributed by atoms with Crippen LogP contribution in [-0.2, 0) is 12.3 Å². The topological polar surface area (TPSA) is 65.0 Å². The second-order valence-electron chi connectivity index (χ2n) is 4.70. The molecular weight excluding hydrogens is 490 g/mol. The van der Waals surface area contributed by atoms with Crippen LogP contribution in [0, 0.1) is 0 Å². The Morgan fingerprint density at radius 2 is 1.38 bits per heavy atom. The lowest BCUT2D eigenvalue weighted by atomic mass is 10.1. The first-order valence-corrected chi connectivity index (χ1v) is 9.56. The number of halogens is 7. The minimum atomic E-state index is -1.95. The summed E-state index contributed by atoms with van der Waals surface area (Å²) in [5.41, 5.74) is 0.795. The van der Waals surface area contributed by atoms with Gasteiger partial charge in [-0.3, -0.25) is 0 Å². The van der Waals surface area contributed by atoms with Gasteiger partial charge in [0.1, 0.15) is 6.61 Å². The van der Waals surface area contributed by atoms with Crippen LogP contribution < -0.4 is 0 Å². The average Bonchev–Trinajstić information content (AvgIpc) is 2.58. The first-order chi connectivity index (χ1) is 12.0. The van der Waals surface area contributed by atoms with Gasteiger partial charge in [0, 0.05) is 5.56 Å². The number of esters is 1. The first kappa shape index (κ1) is 22.0. The van der Waals surface area contributed by atoms with Crippen molar-refractivity contribution in [3.05, 3.63) is 41.5 Å². The zero-order valence-corrected chi connectivity index (χ0v) is 17.8. The lowest BCUT2D eigenvalue weighted by Crippen LogP contribution is -2.16. The molecule has 0 aliphatic rings. The van der Waals surface area contributed by atoms with E-state index in [1.54, 1.807) is 12.1 Å². The van der Waals surface area contributed by atoms with Crippen LogP contribution in [0.2, 0.25) is 0 Å². The van der Waals surface area contributed by atoms with E-state index in [2.05, 4.69) is 15.0 Å². The van der Waals surface area contributed by atoms with E-state index < -0.39 is 13.6 Å². The predicted octanol–water partition coefficient (Wildman–Crippen LogP) is 5.59. The number of rotatable bonds is 4. The van der Waals surface area contributed by atoms with E-state index in [0.717, 1.165) is 0 Å². The number of hydrogen-bond donors (Lipinski definition) is 0. The average molecular weight is 498 g/mol. The van der Waals surface area contributed by atoms with Crippen molar-refractivity contribution in [2.45, 2.75) is 7.59 Å². The second kappa shape index (κ2) is 8.82. The van der Waals surface area contributed by atoms with Gasteiger partial charge in [-0.25, -0.2) is 19.7 Å². The molecule has 1 aromatic carbocycles. The van der Waals surface area contributed by atoms with Gasteiger partial charge in [0.25, 0.3) is 0 Å². The molecule has 2 rings (SSSR count). The van der Waals surface area contributed by atoms with E-state index in [1.807, 2.05) is 0 Å². The molecule has 0 spiro atoms. The molecule has 5 nitrogen and oxygen atoms in total. The molecule has 0 radical (unpaired) electrons. The highest BCUT2D eigenvalue weighted by molar-refractivity contribution is 6.67. The summed E-state index contributed by atoms with van der Waals surface area (Å²) in [6, 6.07) is 6.16. The van der Waals surface area contributed by atoms with Gasteiger partial charge in [-0.1, -0.05) is 81.7 Å². The number of ether oxygens (including phenoxy) is 1. The molecule has 0 aliphatic carbocycles. The standard InChI is InChI=1S/C14H8Cl7N3O2/c15-5-6-26-10(25)8-3-1-7(2-4-8)9-22-11(13(16,17)18)24-12(23-9)14(19,20)21/h1-4H,5-6H2. The Bertz CT molecular complexity index is 756. The predicted molar refractivity (Wildman–Crippen MR) is 105 cm³/mol. The van der Waals surface area contributed by atoms with Gasteiger partial charge < -0.3 is 4.74 Å². The lowest BCUT2D eigenvalue weighted by Gasteiger charge is -2.15. The van der Waals surface area contributed by atoms with E-state index in [1.165, 1.54) is 12.1 Å². The van der Waals surface area contributed by atoms with Crippen LogP contribution in [0.4, 0.5) is 0 Å². The quantitative estimate of drug-likeness (QED) is 0.407. The van der Waals surface area contributed by atoms with E-state index in [4.69, 9.17) is 85.9 Å². The van der Waals surface area contributed by atoms with Crippen molar-refractivity contribution >= 4 is 87.2 Å². The van der Waals surface area contributed by atoms with Crippen LogP contribution in [0.25, 0.3) is 11.4 Å². The maximum atomic E-state index is 11.8. The van der Waals surface area contributed by atoms with Gasteiger partial charge in [0.05, 0.1) is 11.4 Å². The Kier molecular flexibility index (Phi) is 7.47. The number of nitrogens with zero attached hydrogens (tertiary/aromatic N) is 3. The van der Waals surface area contributed by atoms with Gasteiger partial charge in [0.15, 0.2) is 17.5 Å². The van der Waals surface area contributed by atoms with Gasteiger partial charge in [0.2, 0.25) is 7.59 Å². The fourth-order valence-electron chi connectivity index (χ4n) is 1.73. The third kappa shape index (κ3) is 5.86. The third-order valence-electron chi connectivity index (χ3n) is 2.83. The summed E-state index contributed by atoms with van der Waals surface area (Å²) in [6.07, 6.45) is 0. The molecule has 140 valence electrons. The summed E-state index contributed by atoms with van der Waals surface area (Å²) >= 11 is 40.5. The molecule has 0 saturated heterocycles. The molecule has 2 aromatic rings. The van der Waals surface area contributed by atoms with Crippen molar-refractivity contribution in [2.24, 2.45) is 0 Å². The van der Waals surface area contributed by atoms with Crippen molar-refractivity contribution in [3.8, 4) is 11.4 Å². The molecular formula is C14H8Cl7N3O2. The van der Waals surface area contributed by atoms with Crippen LogP contribution >= 0.6 is 81.2 Å². The fraction of sp³-hybridized carbons (Fsp3) is 0.286. The minimum Gasteiger partial charge on any atom is -0.461 e. The monoisotopic (exact) mass is 495 g/mol. The number of carbonyl (C=O) groups excluding carboxylic acids is 1. The molecule has 12 heteroatoms. The first-order valence-electron chi connectivity index (χ1n) is 6.76. The van der Waals surface area contributed by atoms with Gasteiger partial charge in [-0.2, -0.15) is 0 Å². The number of hydrogen-bond acceptors (Lipinski definition) is 5. The number of carbonyl (C=O) groups is 1. The molecule has 0 unspecified atom stereocenters. The summed E-state index contributed by atoms with van der Waals surface area (Å²) in [4.78, 5) is 23.8. The molecule has 0 atom stereocenters. The van der Waals surface area contributed by atoms with Crippen LogP contribution in [0.15, 0.2) is 24.3 Å². The van der Waals surface area contributed by atoms with E-state index in [0.29, 0.717) is 11.1 Å². The molecule has 0 aliphatic heterocycles. The van der Waals surface area contributed by atoms with Gasteiger partial charge in [-0.05, 0) is 12.1 Å². The molecule has 0 fully saturated rings. The van der Waals surface area contributed by atoms with E-state index in [-0.39, 0.29) is 30.0 Å². The smallest absolute Gasteiger partial charge is 0.338 e. The zero-order valence-electron chi connectivity index (χ0n) is 12.5. The molecule has 0 amide bonds. The summed E-state index contributed by atoms with van der Waals surface area (Å²) in [7, 11) is 0. The summed E-state index contributed by atoms with van der Waals surface area (Å²) in [5.74, 6) is -0.632. The van der Waals surface area contributed by atoms with Crippen LogP contribution in [0.3, 0.4) is 0 Å². The fourth-order valence-corrected chi connectivity index (χ4v) is 2.31. The molecule has 0 saturated carbocycles. The highest BCUT2D eigenvalue weighted by atomic mass is 35.6. The molecule has 26 heavy (non-hydrogen) atoms.